The molecule has 1 aliphatic rings. The molecule has 0 fully saturated rings. The smallest absolute Gasteiger partial charge is 0.272 e. The van der Waals surface area contributed by atoms with Crippen LogP contribution in [-0.2, 0) is 10.3 Å². The molecule has 0 aromatic heterocycles. The number of Topliss-reactive ketones (excluding diaryl/α,β-unsaturated/α-hetero) is 1. The second kappa shape index (κ2) is 8.04. The number of para-hydroxylation sites is 1. The molecule has 31 heavy (non-hydrogen) atoms. The predicted octanol–water partition coefficient (Wildman–Crippen LogP) is 3.47. The summed E-state index contributed by atoms with van der Waals surface area (Å²) in [6, 6.07) is 20.4. The number of carbonyl (C=O) groups is 2. The van der Waals surface area contributed by atoms with E-state index in [0.717, 1.165) is 0 Å². The van der Waals surface area contributed by atoms with Crippen LogP contribution in [0.4, 0.5) is 11.4 Å². The molecular formula is C24H21N3O4. The van der Waals surface area contributed by atoms with Gasteiger partial charge in [0.15, 0.2) is 11.3 Å². The molecule has 1 aliphatic heterocycles. The zero-order chi connectivity index (χ0) is 22.0. The minimum atomic E-state index is -1.72. The predicted molar refractivity (Wildman–Crippen MR) is 118 cm³/mol. The molecule has 3 aromatic carbocycles. The third-order valence-electron chi connectivity index (χ3n) is 5.21. The number of hydrogen-bond donors (Lipinski definition) is 2. The van der Waals surface area contributed by atoms with Gasteiger partial charge in [-0.15, -0.1) is 0 Å². The molecule has 4 rings (SSSR count). The molecule has 7 nitrogen and oxygen atoms in total. The summed E-state index contributed by atoms with van der Waals surface area (Å²) < 4.78 is 10.3. The van der Waals surface area contributed by atoms with Crippen LogP contribution in [0.25, 0.3) is 0 Å². The number of carbonyl (C=O) groups excluding carboxylic acids is 2. The Bertz CT molecular complexity index is 1170. The fourth-order valence-corrected chi connectivity index (χ4v) is 3.54. The van der Waals surface area contributed by atoms with Gasteiger partial charge in [-0.25, -0.2) is 4.99 Å². The summed E-state index contributed by atoms with van der Waals surface area (Å²) in [4.78, 5) is 31.1. The van der Waals surface area contributed by atoms with Crippen molar-refractivity contribution in [3.63, 3.8) is 0 Å². The fraction of sp³-hybridized carbons (Fsp3) is 0.125. The maximum Gasteiger partial charge on any atom is 0.272 e. The highest BCUT2D eigenvalue weighted by atomic mass is 16.5. The second-order valence-corrected chi connectivity index (χ2v) is 7.03. The molecule has 156 valence electrons. The summed E-state index contributed by atoms with van der Waals surface area (Å²) in [5, 5.41) is 2.77. The lowest BCUT2D eigenvalue weighted by Crippen LogP contribution is -2.54. The normalized spacial score (nSPS) is 16.8. The maximum absolute atomic E-state index is 13.5. The summed E-state index contributed by atoms with van der Waals surface area (Å²) in [5.74, 6) is 0.293. The standard InChI is InChI=1S/C24H21N3O4/c1-30-17-11-7-15(8-12-17)22(28)24(25)19-5-3-4-6-20(19)27-21(24)23(29)26-16-9-13-18(31-2)14-10-16/h3-14H,25H2,1-2H3,(H,26,29). The lowest BCUT2D eigenvalue weighted by atomic mass is 9.80. The van der Waals surface area contributed by atoms with Crippen LogP contribution in [0.3, 0.4) is 0 Å². The van der Waals surface area contributed by atoms with Crippen LogP contribution in [0, 0.1) is 0 Å². The Balaban J connectivity index is 1.71. The zero-order valence-corrected chi connectivity index (χ0v) is 17.1. The van der Waals surface area contributed by atoms with E-state index in [1.165, 1.54) is 0 Å². The van der Waals surface area contributed by atoms with Gasteiger partial charge in [-0.1, -0.05) is 18.2 Å². The first-order valence-corrected chi connectivity index (χ1v) is 9.59. The van der Waals surface area contributed by atoms with E-state index >= 15 is 0 Å². The van der Waals surface area contributed by atoms with Gasteiger partial charge in [0.1, 0.15) is 17.2 Å². The van der Waals surface area contributed by atoms with Gasteiger partial charge in [-0.2, -0.15) is 0 Å². The number of aliphatic imine (C=N–C) groups is 1. The van der Waals surface area contributed by atoms with E-state index in [1.54, 1.807) is 87.0 Å². The topological polar surface area (TPSA) is 103 Å². The van der Waals surface area contributed by atoms with E-state index in [-0.39, 0.29) is 5.71 Å². The first-order chi connectivity index (χ1) is 15.0. The molecule has 3 N–H and O–H groups in total. The SMILES string of the molecule is COc1ccc(NC(=O)C2=Nc3ccccc3C2(N)C(=O)c2ccc(OC)cc2)cc1. The highest BCUT2D eigenvalue weighted by Crippen LogP contribution is 2.39. The van der Waals surface area contributed by atoms with Gasteiger partial charge in [0.05, 0.1) is 19.9 Å². The first-order valence-electron chi connectivity index (χ1n) is 9.59. The van der Waals surface area contributed by atoms with E-state index in [9.17, 15) is 9.59 Å². The fourth-order valence-electron chi connectivity index (χ4n) is 3.54. The lowest BCUT2D eigenvalue weighted by Gasteiger charge is -2.25. The first kappa shape index (κ1) is 20.3. The molecule has 0 aliphatic carbocycles. The minimum absolute atomic E-state index is 0.0645. The highest BCUT2D eigenvalue weighted by molar-refractivity contribution is 6.52. The number of methoxy groups -OCH3 is 2. The highest BCUT2D eigenvalue weighted by Gasteiger charge is 2.49. The summed E-state index contributed by atoms with van der Waals surface area (Å²) in [6.07, 6.45) is 0. The molecule has 0 bridgehead atoms. The van der Waals surface area contributed by atoms with Crippen LogP contribution >= 0.6 is 0 Å². The van der Waals surface area contributed by atoms with Crippen LogP contribution in [0.2, 0.25) is 0 Å². The maximum atomic E-state index is 13.5. The Morgan fingerprint density at radius 1 is 0.871 bits per heavy atom. The van der Waals surface area contributed by atoms with Crippen molar-refractivity contribution in [3.05, 3.63) is 83.9 Å². The quantitative estimate of drug-likeness (QED) is 0.600. The molecule has 3 aromatic rings. The number of rotatable bonds is 6. The van der Waals surface area contributed by atoms with Crippen LogP contribution in [0.5, 0.6) is 11.5 Å². The summed E-state index contributed by atoms with van der Waals surface area (Å²) in [6.45, 7) is 0. The van der Waals surface area contributed by atoms with Gasteiger partial charge in [-0.05, 0) is 54.6 Å². The molecule has 0 saturated heterocycles. The molecule has 0 radical (unpaired) electrons. The number of nitrogens with one attached hydrogen (secondary N) is 1. The van der Waals surface area contributed by atoms with Crippen molar-refractivity contribution in [2.24, 2.45) is 10.7 Å². The Morgan fingerprint density at radius 3 is 2.06 bits per heavy atom. The van der Waals surface area contributed by atoms with Crippen LogP contribution in [0.15, 0.2) is 77.8 Å². The monoisotopic (exact) mass is 415 g/mol. The Morgan fingerprint density at radius 2 is 1.45 bits per heavy atom. The van der Waals surface area contributed by atoms with Crippen molar-refractivity contribution in [1.82, 2.24) is 0 Å². The molecule has 1 heterocycles. The molecule has 0 saturated carbocycles. The largest absolute Gasteiger partial charge is 0.497 e. The van der Waals surface area contributed by atoms with Crippen LogP contribution in [-0.4, -0.2) is 31.6 Å². The van der Waals surface area contributed by atoms with Crippen molar-refractivity contribution in [3.8, 4) is 11.5 Å². The van der Waals surface area contributed by atoms with E-state index in [0.29, 0.717) is 34.0 Å². The lowest BCUT2D eigenvalue weighted by molar-refractivity contribution is -0.110. The minimum Gasteiger partial charge on any atom is -0.497 e. The van der Waals surface area contributed by atoms with E-state index in [2.05, 4.69) is 10.3 Å². The Labute approximate surface area is 179 Å². The number of ether oxygens (including phenoxy) is 2. The number of ketones is 1. The third-order valence-corrected chi connectivity index (χ3v) is 5.21. The van der Waals surface area contributed by atoms with Gasteiger partial charge < -0.3 is 20.5 Å². The number of amides is 1. The van der Waals surface area contributed by atoms with Crippen LogP contribution < -0.4 is 20.5 Å². The molecule has 0 spiro atoms. The van der Waals surface area contributed by atoms with Gasteiger partial charge in [-0.3, -0.25) is 9.59 Å². The molecular weight excluding hydrogens is 394 g/mol. The van der Waals surface area contributed by atoms with Crippen LogP contribution in [0.1, 0.15) is 15.9 Å². The number of nitrogens with zero attached hydrogens (tertiary/aromatic N) is 1. The van der Waals surface area contributed by atoms with E-state index < -0.39 is 17.2 Å². The molecule has 1 unspecified atom stereocenters. The zero-order valence-electron chi connectivity index (χ0n) is 17.1. The van der Waals surface area contributed by atoms with Crippen molar-refractivity contribution in [2.45, 2.75) is 5.54 Å². The van der Waals surface area contributed by atoms with E-state index in [1.807, 2.05) is 0 Å². The number of anilines is 1. The van der Waals surface area contributed by atoms with E-state index in [4.69, 9.17) is 15.2 Å². The molecule has 1 amide bonds. The van der Waals surface area contributed by atoms with Crippen molar-refractivity contribution < 1.29 is 19.1 Å². The van der Waals surface area contributed by atoms with Gasteiger partial charge >= 0.3 is 0 Å². The third kappa shape index (κ3) is 3.55. The average molecular weight is 415 g/mol. The Hall–Kier alpha value is -3.97. The van der Waals surface area contributed by atoms with Gasteiger partial charge in [0.25, 0.3) is 5.91 Å². The number of nitrogens with two attached hydrogens (primary N) is 1. The summed E-state index contributed by atoms with van der Waals surface area (Å²) in [7, 11) is 3.11. The summed E-state index contributed by atoms with van der Waals surface area (Å²) >= 11 is 0. The average Bonchev–Trinajstić information content (AvgIpc) is 3.13. The Kier molecular flexibility index (Phi) is 5.27. The molecule has 1 atom stereocenters. The van der Waals surface area contributed by atoms with Crippen molar-refractivity contribution in [2.75, 3.05) is 19.5 Å². The van der Waals surface area contributed by atoms with Crippen molar-refractivity contribution >= 4 is 28.8 Å². The molecule has 7 heteroatoms. The summed E-state index contributed by atoms with van der Waals surface area (Å²) in [5.41, 5.74) is 6.74. The second-order valence-electron chi connectivity index (χ2n) is 7.03. The number of fused-ring (bicyclic) bond motifs is 1. The van der Waals surface area contributed by atoms with Gasteiger partial charge in [0.2, 0.25) is 0 Å². The number of benzene rings is 3. The van der Waals surface area contributed by atoms with Gasteiger partial charge in [0, 0.05) is 16.8 Å². The van der Waals surface area contributed by atoms with Crippen molar-refractivity contribution in [1.29, 1.82) is 0 Å². The number of hydrogen-bond acceptors (Lipinski definition) is 6.